The van der Waals surface area contributed by atoms with E-state index in [0.717, 1.165) is 11.1 Å². The molecule has 0 saturated carbocycles. The maximum Gasteiger partial charge on any atom is 0.261 e. The highest BCUT2D eigenvalue weighted by Gasteiger charge is 2.30. The molecule has 6 heteroatoms. The van der Waals surface area contributed by atoms with Crippen LogP contribution in [0.4, 0.5) is 4.39 Å². The smallest absolute Gasteiger partial charge is 0.261 e. The maximum absolute atomic E-state index is 14.0. The number of rotatable bonds is 11. The average molecular weight is 463 g/mol. The van der Waals surface area contributed by atoms with Gasteiger partial charge in [0.2, 0.25) is 5.91 Å². The Hall–Kier alpha value is -3.67. The molecule has 0 fully saturated rings. The SMILES string of the molecule is CC(C)CNC(=O)C(Cc1ccccc1)N(Cc1ccccc1)C(=O)COc1ccccc1F. The first kappa shape index (κ1) is 25.0. The van der Waals surface area contributed by atoms with E-state index < -0.39 is 17.8 Å². The number of nitrogens with zero attached hydrogens (tertiary/aromatic N) is 1. The van der Waals surface area contributed by atoms with Gasteiger partial charge in [0, 0.05) is 19.5 Å². The van der Waals surface area contributed by atoms with Crippen LogP contribution >= 0.6 is 0 Å². The van der Waals surface area contributed by atoms with Crippen molar-refractivity contribution in [2.45, 2.75) is 32.9 Å². The predicted molar refractivity (Wildman–Crippen MR) is 131 cm³/mol. The van der Waals surface area contributed by atoms with E-state index in [9.17, 15) is 14.0 Å². The van der Waals surface area contributed by atoms with E-state index in [2.05, 4.69) is 5.32 Å². The lowest BCUT2D eigenvalue weighted by Crippen LogP contribution is -2.52. The van der Waals surface area contributed by atoms with Crippen molar-refractivity contribution < 1.29 is 18.7 Å². The van der Waals surface area contributed by atoms with E-state index >= 15 is 0 Å². The second-order valence-corrected chi connectivity index (χ2v) is 8.57. The normalized spacial score (nSPS) is 11.6. The average Bonchev–Trinajstić information content (AvgIpc) is 2.85. The van der Waals surface area contributed by atoms with Crippen molar-refractivity contribution in [2.75, 3.05) is 13.2 Å². The number of hydrogen-bond donors (Lipinski definition) is 1. The van der Waals surface area contributed by atoms with Gasteiger partial charge in [-0.25, -0.2) is 4.39 Å². The first-order valence-corrected chi connectivity index (χ1v) is 11.5. The summed E-state index contributed by atoms with van der Waals surface area (Å²) in [6.45, 7) is 4.38. The zero-order chi connectivity index (χ0) is 24.3. The molecule has 3 rings (SSSR count). The van der Waals surface area contributed by atoms with E-state index in [-0.39, 0.29) is 30.7 Å². The Kier molecular flexibility index (Phi) is 9.21. The van der Waals surface area contributed by atoms with Crippen molar-refractivity contribution in [1.82, 2.24) is 10.2 Å². The summed E-state index contributed by atoms with van der Waals surface area (Å²) in [6.07, 6.45) is 0.350. The number of halogens is 1. The highest BCUT2D eigenvalue weighted by Crippen LogP contribution is 2.18. The minimum absolute atomic E-state index is 0.000574. The van der Waals surface area contributed by atoms with Crippen molar-refractivity contribution >= 4 is 11.8 Å². The van der Waals surface area contributed by atoms with Gasteiger partial charge in [-0.3, -0.25) is 9.59 Å². The molecule has 0 aromatic heterocycles. The molecule has 178 valence electrons. The van der Waals surface area contributed by atoms with Gasteiger partial charge in [0.25, 0.3) is 5.91 Å². The van der Waals surface area contributed by atoms with E-state index in [0.29, 0.717) is 13.0 Å². The van der Waals surface area contributed by atoms with Crippen LogP contribution in [0.2, 0.25) is 0 Å². The Morgan fingerprint density at radius 3 is 2.09 bits per heavy atom. The Labute approximate surface area is 200 Å². The van der Waals surface area contributed by atoms with E-state index in [1.54, 1.807) is 12.1 Å². The Bertz CT molecular complexity index is 1060. The lowest BCUT2D eigenvalue weighted by atomic mass is 10.0. The summed E-state index contributed by atoms with van der Waals surface area (Å²) < 4.78 is 19.5. The fourth-order valence-corrected chi connectivity index (χ4v) is 3.54. The second kappa shape index (κ2) is 12.5. The highest BCUT2D eigenvalue weighted by atomic mass is 19.1. The number of carbonyl (C=O) groups excluding carboxylic acids is 2. The van der Waals surface area contributed by atoms with Gasteiger partial charge in [0.15, 0.2) is 18.2 Å². The molecule has 0 spiro atoms. The number of benzene rings is 3. The first-order chi connectivity index (χ1) is 16.4. The number of carbonyl (C=O) groups is 2. The number of para-hydroxylation sites is 1. The number of hydrogen-bond acceptors (Lipinski definition) is 3. The molecule has 0 aliphatic heterocycles. The monoisotopic (exact) mass is 462 g/mol. The van der Waals surface area contributed by atoms with Crippen LogP contribution in [0, 0.1) is 11.7 Å². The lowest BCUT2D eigenvalue weighted by molar-refractivity contribution is -0.142. The van der Waals surface area contributed by atoms with Crippen LogP contribution in [0.3, 0.4) is 0 Å². The predicted octanol–water partition coefficient (Wildman–Crippen LogP) is 4.62. The molecular formula is C28H31FN2O3. The Morgan fingerprint density at radius 1 is 0.882 bits per heavy atom. The van der Waals surface area contributed by atoms with Gasteiger partial charge < -0.3 is 15.0 Å². The second-order valence-electron chi connectivity index (χ2n) is 8.57. The highest BCUT2D eigenvalue weighted by molar-refractivity contribution is 5.88. The lowest BCUT2D eigenvalue weighted by Gasteiger charge is -2.31. The summed E-state index contributed by atoms with van der Waals surface area (Å²) in [5.41, 5.74) is 1.82. The molecule has 0 aliphatic carbocycles. The number of ether oxygens (including phenoxy) is 1. The summed E-state index contributed by atoms with van der Waals surface area (Å²) in [5, 5.41) is 2.97. The quantitative estimate of drug-likeness (QED) is 0.453. The van der Waals surface area contributed by atoms with Crippen molar-refractivity contribution in [2.24, 2.45) is 5.92 Å². The molecule has 0 saturated heterocycles. The summed E-state index contributed by atoms with van der Waals surface area (Å²) in [6, 6.07) is 24.3. The topological polar surface area (TPSA) is 58.6 Å². The fraction of sp³-hybridized carbons (Fsp3) is 0.286. The van der Waals surface area contributed by atoms with Crippen LogP contribution in [0.25, 0.3) is 0 Å². The number of nitrogens with one attached hydrogen (secondary N) is 1. The molecule has 1 atom stereocenters. The molecule has 1 N–H and O–H groups in total. The maximum atomic E-state index is 14.0. The molecule has 5 nitrogen and oxygen atoms in total. The minimum Gasteiger partial charge on any atom is -0.481 e. The summed E-state index contributed by atoms with van der Waals surface area (Å²) in [7, 11) is 0. The first-order valence-electron chi connectivity index (χ1n) is 11.5. The van der Waals surface area contributed by atoms with Crippen LogP contribution in [0.5, 0.6) is 5.75 Å². The zero-order valence-corrected chi connectivity index (χ0v) is 19.6. The van der Waals surface area contributed by atoms with Gasteiger partial charge in [-0.1, -0.05) is 86.6 Å². The van der Waals surface area contributed by atoms with E-state index in [4.69, 9.17) is 4.74 Å². The molecule has 34 heavy (non-hydrogen) atoms. The van der Waals surface area contributed by atoms with Crippen molar-refractivity contribution in [1.29, 1.82) is 0 Å². The Balaban J connectivity index is 1.88. The molecule has 3 aromatic rings. The van der Waals surface area contributed by atoms with Crippen LogP contribution in [0.1, 0.15) is 25.0 Å². The molecule has 0 heterocycles. The van der Waals surface area contributed by atoms with Crippen LogP contribution in [-0.2, 0) is 22.6 Å². The van der Waals surface area contributed by atoms with Crippen LogP contribution in [0.15, 0.2) is 84.9 Å². The minimum atomic E-state index is -0.752. The van der Waals surface area contributed by atoms with Gasteiger partial charge in [-0.05, 0) is 29.2 Å². The van der Waals surface area contributed by atoms with Crippen molar-refractivity contribution in [3.05, 3.63) is 102 Å². The molecule has 1 unspecified atom stereocenters. The summed E-state index contributed by atoms with van der Waals surface area (Å²) in [4.78, 5) is 28.2. The molecular weight excluding hydrogens is 431 g/mol. The van der Waals surface area contributed by atoms with Crippen molar-refractivity contribution in [3.8, 4) is 5.75 Å². The molecule has 0 radical (unpaired) electrons. The van der Waals surface area contributed by atoms with E-state index in [1.807, 2.05) is 74.5 Å². The van der Waals surface area contributed by atoms with E-state index in [1.165, 1.54) is 17.0 Å². The van der Waals surface area contributed by atoms with Crippen molar-refractivity contribution in [3.63, 3.8) is 0 Å². The standard InChI is InChI=1S/C28H31FN2O3/c1-21(2)18-30-28(33)25(17-22-11-5-3-6-12-22)31(19-23-13-7-4-8-14-23)27(32)20-34-26-16-10-9-15-24(26)29/h3-16,21,25H,17-20H2,1-2H3,(H,30,33). The summed E-state index contributed by atoms with van der Waals surface area (Å²) in [5.74, 6) is -0.899. The van der Waals surface area contributed by atoms with Gasteiger partial charge in [-0.2, -0.15) is 0 Å². The Morgan fingerprint density at radius 2 is 1.47 bits per heavy atom. The number of amides is 2. The fourth-order valence-electron chi connectivity index (χ4n) is 3.54. The molecule has 0 aliphatic rings. The summed E-state index contributed by atoms with van der Waals surface area (Å²) >= 11 is 0. The molecule has 3 aromatic carbocycles. The third-order valence-corrected chi connectivity index (χ3v) is 5.34. The molecule has 0 bridgehead atoms. The van der Waals surface area contributed by atoms with Gasteiger partial charge in [0.1, 0.15) is 6.04 Å². The largest absolute Gasteiger partial charge is 0.481 e. The third-order valence-electron chi connectivity index (χ3n) is 5.34. The molecule has 2 amide bonds. The van der Waals surface area contributed by atoms with Gasteiger partial charge in [-0.15, -0.1) is 0 Å². The van der Waals surface area contributed by atoms with Crippen LogP contribution < -0.4 is 10.1 Å². The van der Waals surface area contributed by atoms with Gasteiger partial charge >= 0.3 is 0 Å². The zero-order valence-electron chi connectivity index (χ0n) is 19.6. The third kappa shape index (κ3) is 7.44. The van der Waals surface area contributed by atoms with Gasteiger partial charge in [0.05, 0.1) is 0 Å². The van der Waals surface area contributed by atoms with Crippen LogP contribution in [-0.4, -0.2) is 35.9 Å².